The Morgan fingerprint density at radius 1 is 1.13 bits per heavy atom. The smallest absolute Gasteiger partial charge is 0.255 e. The van der Waals surface area contributed by atoms with Crippen LogP contribution in [0.4, 0.5) is 0 Å². The summed E-state index contributed by atoms with van der Waals surface area (Å²) in [5, 5.41) is 12.6. The first-order chi connectivity index (χ1) is 14.5. The minimum Gasteiger partial charge on any atom is -0.504 e. The van der Waals surface area contributed by atoms with Crippen LogP contribution in [-0.4, -0.2) is 98.4 Å². The lowest BCUT2D eigenvalue weighted by Crippen LogP contribution is -2.36. The van der Waals surface area contributed by atoms with Crippen molar-refractivity contribution >= 4 is 43.7 Å². The molecule has 1 atom stereocenters. The molecule has 0 aliphatic rings. The lowest BCUT2D eigenvalue weighted by atomic mass is 10.1. The number of hydrogen-bond acceptors (Lipinski definition) is 7. The van der Waals surface area contributed by atoms with Gasteiger partial charge in [0.15, 0.2) is 12.0 Å². The van der Waals surface area contributed by atoms with Crippen LogP contribution in [0.3, 0.4) is 0 Å². The Kier molecular flexibility index (Phi) is 11.9. The second kappa shape index (κ2) is 13.3. The average molecular weight is 493 g/mol. The zero-order valence-electron chi connectivity index (χ0n) is 18.8. The van der Waals surface area contributed by atoms with Crippen LogP contribution in [0.25, 0.3) is 0 Å². The summed E-state index contributed by atoms with van der Waals surface area (Å²) in [5.41, 5.74) is 0.800. The van der Waals surface area contributed by atoms with E-state index in [4.69, 9.17) is 27.8 Å². The third kappa shape index (κ3) is 9.41. The number of allylic oxidation sites excluding steroid dienone is 1. The number of aliphatic hydroxyl groups excluding tert-OH is 1. The van der Waals surface area contributed by atoms with Gasteiger partial charge in [-0.25, -0.2) is 0 Å². The molecule has 1 N–H and O–H groups in total. The van der Waals surface area contributed by atoms with Crippen LogP contribution < -0.4 is 0 Å². The number of nitrogens with zero attached hydrogens (tertiary/aromatic N) is 4. The van der Waals surface area contributed by atoms with E-state index in [9.17, 15) is 14.7 Å². The molecular weight excluding hydrogens is 462 g/mol. The minimum absolute atomic E-state index is 0.0228. The van der Waals surface area contributed by atoms with Gasteiger partial charge in [0.05, 0.1) is 15.6 Å². The van der Waals surface area contributed by atoms with Gasteiger partial charge in [0.25, 0.3) is 5.91 Å². The topological polar surface area (TPSA) is 76.6 Å². The Balaban J connectivity index is 2.76. The number of carbonyl (C=O) groups excluding carboxylic acids is 2. The standard InChI is InChI=1S/C20H31Cl2N4O4P/c1-23(2)31(6)30-26(5)10-9-24(3)13-16(19(28)14-27)20(29)25(4)12-15-7-8-17(21)18(22)11-15/h7-8,11,14,28H,9-10,12-13H2,1-6H3/b19-16-. The molecule has 0 bridgehead atoms. The molecule has 31 heavy (non-hydrogen) atoms. The molecule has 1 rings (SSSR count). The lowest BCUT2D eigenvalue weighted by Gasteiger charge is -2.27. The van der Waals surface area contributed by atoms with Crippen molar-refractivity contribution in [3.8, 4) is 0 Å². The fourth-order valence-corrected chi connectivity index (χ4v) is 3.47. The molecule has 0 aliphatic heterocycles. The van der Waals surface area contributed by atoms with Crippen molar-refractivity contribution in [2.75, 3.05) is 61.5 Å². The maximum Gasteiger partial charge on any atom is 0.255 e. The number of hydrogen-bond donors (Lipinski definition) is 1. The summed E-state index contributed by atoms with van der Waals surface area (Å²) >= 11 is 12.0. The molecule has 0 heterocycles. The van der Waals surface area contributed by atoms with Gasteiger partial charge in [0.1, 0.15) is 8.30 Å². The van der Waals surface area contributed by atoms with E-state index >= 15 is 0 Å². The fourth-order valence-electron chi connectivity index (χ4n) is 2.52. The highest BCUT2D eigenvalue weighted by atomic mass is 35.5. The van der Waals surface area contributed by atoms with Gasteiger partial charge in [-0.15, -0.1) is 0 Å². The molecule has 11 heteroatoms. The molecule has 0 radical (unpaired) electrons. The first-order valence-corrected chi connectivity index (χ1v) is 11.9. The second-order valence-corrected chi connectivity index (χ2v) is 10.1. The number of hydroxylamine groups is 2. The molecule has 174 valence electrons. The van der Waals surface area contributed by atoms with Crippen LogP contribution in [-0.2, 0) is 20.8 Å². The molecule has 0 aromatic heterocycles. The van der Waals surface area contributed by atoms with E-state index < -0.39 is 20.0 Å². The largest absolute Gasteiger partial charge is 0.504 e. The van der Waals surface area contributed by atoms with Gasteiger partial charge < -0.3 is 14.9 Å². The van der Waals surface area contributed by atoms with E-state index in [1.807, 2.05) is 37.4 Å². The molecule has 1 amide bonds. The molecule has 1 unspecified atom stereocenters. The van der Waals surface area contributed by atoms with Gasteiger partial charge in [-0.05, 0) is 45.5 Å². The molecule has 0 fully saturated rings. The third-order valence-electron chi connectivity index (χ3n) is 4.47. The molecule has 1 aromatic rings. The van der Waals surface area contributed by atoms with Crippen molar-refractivity contribution in [3.63, 3.8) is 0 Å². The molecule has 0 saturated heterocycles. The average Bonchev–Trinajstić information content (AvgIpc) is 2.71. The van der Waals surface area contributed by atoms with Crippen molar-refractivity contribution < 1.29 is 19.3 Å². The highest BCUT2D eigenvalue weighted by molar-refractivity contribution is 7.48. The van der Waals surface area contributed by atoms with Gasteiger partial charge in [-0.2, -0.15) is 5.06 Å². The van der Waals surface area contributed by atoms with Gasteiger partial charge in [0.2, 0.25) is 0 Å². The van der Waals surface area contributed by atoms with Crippen molar-refractivity contribution in [1.82, 2.24) is 19.5 Å². The molecule has 1 aromatic carbocycles. The zero-order valence-corrected chi connectivity index (χ0v) is 21.2. The molecular formula is C20H31Cl2N4O4P. The van der Waals surface area contributed by atoms with Crippen molar-refractivity contribution in [2.24, 2.45) is 0 Å². The molecule has 0 spiro atoms. The Morgan fingerprint density at radius 2 is 1.77 bits per heavy atom. The number of benzene rings is 1. The summed E-state index contributed by atoms with van der Waals surface area (Å²) < 4.78 is 7.79. The van der Waals surface area contributed by atoms with E-state index in [0.717, 1.165) is 5.56 Å². The number of halogens is 2. The van der Waals surface area contributed by atoms with Crippen LogP contribution in [0.2, 0.25) is 10.0 Å². The van der Waals surface area contributed by atoms with E-state index in [0.29, 0.717) is 23.1 Å². The first kappa shape index (κ1) is 27.8. The number of rotatable bonds is 12. The van der Waals surface area contributed by atoms with E-state index in [-0.39, 0.29) is 24.9 Å². The third-order valence-corrected chi connectivity index (χ3v) is 6.86. The van der Waals surface area contributed by atoms with Gasteiger partial charge >= 0.3 is 0 Å². The Bertz CT molecular complexity index is 794. The fraction of sp³-hybridized carbons (Fsp3) is 0.500. The number of aldehydes is 1. The Labute approximate surface area is 195 Å². The molecule has 0 saturated carbocycles. The van der Waals surface area contributed by atoms with Gasteiger partial charge in [-0.1, -0.05) is 29.3 Å². The number of amides is 1. The van der Waals surface area contributed by atoms with E-state index in [1.165, 1.54) is 4.90 Å². The number of carbonyl (C=O) groups is 2. The van der Waals surface area contributed by atoms with Crippen LogP contribution in [0, 0.1) is 0 Å². The van der Waals surface area contributed by atoms with Crippen LogP contribution in [0.1, 0.15) is 5.56 Å². The van der Waals surface area contributed by atoms with Crippen molar-refractivity contribution in [3.05, 3.63) is 45.1 Å². The summed E-state index contributed by atoms with van der Waals surface area (Å²) in [6, 6.07) is 5.09. The second-order valence-electron chi connectivity index (χ2n) is 7.37. The van der Waals surface area contributed by atoms with Crippen LogP contribution in [0.15, 0.2) is 29.5 Å². The van der Waals surface area contributed by atoms with E-state index in [1.54, 1.807) is 37.4 Å². The monoisotopic (exact) mass is 492 g/mol. The van der Waals surface area contributed by atoms with Crippen LogP contribution >= 0.6 is 31.5 Å². The summed E-state index contributed by atoms with van der Waals surface area (Å²) in [5.74, 6) is -1.02. The highest BCUT2D eigenvalue weighted by Crippen LogP contribution is 2.34. The number of aliphatic hydroxyl groups is 1. The quantitative estimate of drug-likeness (QED) is 0.158. The predicted molar refractivity (Wildman–Crippen MR) is 126 cm³/mol. The van der Waals surface area contributed by atoms with Gasteiger partial charge in [0, 0.05) is 40.3 Å². The number of likely N-dealkylation sites (N-methyl/N-ethyl adjacent to an activating group) is 3. The minimum atomic E-state index is -0.721. The summed E-state index contributed by atoms with van der Waals surface area (Å²) in [6.07, 6.45) is 0.282. The predicted octanol–water partition coefficient (Wildman–Crippen LogP) is 3.26. The summed E-state index contributed by atoms with van der Waals surface area (Å²) in [6.45, 7) is 3.50. The first-order valence-electron chi connectivity index (χ1n) is 9.51. The Hall–Kier alpha value is -1.25. The van der Waals surface area contributed by atoms with Crippen molar-refractivity contribution in [1.29, 1.82) is 0 Å². The normalized spacial score (nSPS) is 13.5. The maximum absolute atomic E-state index is 12.9. The van der Waals surface area contributed by atoms with Gasteiger partial charge in [-0.3, -0.25) is 18.9 Å². The molecule has 8 nitrogen and oxygen atoms in total. The van der Waals surface area contributed by atoms with Crippen molar-refractivity contribution in [2.45, 2.75) is 6.54 Å². The van der Waals surface area contributed by atoms with Crippen LogP contribution in [0.5, 0.6) is 0 Å². The highest BCUT2D eigenvalue weighted by Gasteiger charge is 2.21. The maximum atomic E-state index is 12.9. The summed E-state index contributed by atoms with van der Waals surface area (Å²) in [7, 11) is 8.41. The molecule has 0 aliphatic carbocycles. The Morgan fingerprint density at radius 3 is 2.32 bits per heavy atom. The SMILES string of the molecule is CN(CCN(C)OP(C)N(C)C)C/C(C(=O)N(C)Cc1ccc(Cl)c(Cl)c1)=C(/O)C=O. The zero-order chi connectivity index (χ0) is 23.7. The lowest BCUT2D eigenvalue weighted by molar-refractivity contribution is -0.127. The van der Waals surface area contributed by atoms with E-state index in [2.05, 4.69) is 0 Å². The summed E-state index contributed by atoms with van der Waals surface area (Å²) in [4.78, 5) is 27.4.